The number of H-pyrrole nitrogens is 1. The van der Waals surface area contributed by atoms with E-state index in [1.54, 1.807) is 24.5 Å². The Morgan fingerprint density at radius 1 is 1.23 bits per heavy atom. The molecule has 0 unspecified atom stereocenters. The molecular weight excluding hydrogens is 332 g/mol. The molecule has 130 valence electrons. The minimum Gasteiger partial charge on any atom is -0.289 e. The van der Waals surface area contributed by atoms with Gasteiger partial charge in [-0.05, 0) is 32.0 Å². The van der Waals surface area contributed by atoms with Gasteiger partial charge >= 0.3 is 0 Å². The number of amides is 1. The predicted octanol–water partition coefficient (Wildman–Crippen LogP) is 2.44. The Kier molecular flexibility index (Phi) is 3.88. The molecule has 0 aliphatic rings. The van der Waals surface area contributed by atoms with Gasteiger partial charge in [0.2, 0.25) is 5.95 Å². The third-order valence-electron chi connectivity index (χ3n) is 3.80. The third kappa shape index (κ3) is 2.90. The quantitative estimate of drug-likeness (QED) is 0.585. The lowest BCUT2D eigenvalue weighted by Crippen LogP contribution is -2.13. The van der Waals surface area contributed by atoms with Crippen LogP contribution in [0.2, 0.25) is 0 Å². The molecule has 0 bridgehead atoms. The van der Waals surface area contributed by atoms with Crippen molar-refractivity contribution in [2.45, 2.75) is 19.9 Å². The zero-order valence-corrected chi connectivity index (χ0v) is 14.2. The molecule has 4 aromatic rings. The number of aromatic amines is 1. The molecule has 4 heterocycles. The molecule has 0 aliphatic heterocycles. The summed E-state index contributed by atoms with van der Waals surface area (Å²) in [4.78, 5) is 25.2. The molecule has 0 radical (unpaired) electrons. The maximum Gasteiger partial charge on any atom is 0.259 e. The van der Waals surface area contributed by atoms with Gasteiger partial charge in [0, 0.05) is 23.8 Å². The highest BCUT2D eigenvalue weighted by molar-refractivity contribution is 6.04. The van der Waals surface area contributed by atoms with Crippen molar-refractivity contribution in [2.75, 3.05) is 5.32 Å². The lowest BCUT2D eigenvalue weighted by molar-refractivity contribution is 0.102. The van der Waals surface area contributed by atoms with Gasteiger partial charge in [0.05, 0.1) is 11.8 Å². The van der Waals surface area contributed by atoms with E-state index in [1.807, 2.05) is 30.7 Å². The number of hydrogen-bond donors (Lipinski definition) is 2. The van der Waals surface area contributed by atoms with Crippen LogP contribution < -0.4 is 5.32 Å². The van der Waals surface area contributed by atoms with E-state index in [9.17, 15) is 4.79 Å². The summed E-state index contributed by atoms with van der Waals surface area (Å²) in [5, 5.41) is 14.5. The minimum atomic E-state index is -0.344. The number of fused-ring (bicyclic) bond motifs is 1. The number of nitrogens with zero attached hydrogens (tertiary/aromatic N) is 6. The Bertz CT molecular complexity index is 1070. The van der Waals surface area contributed by atoms with Crippen LogP contribution in [0.3, 0.4) is 0 Å². The third-order valence-corrected chi connectivity index (χ3v) is 3.80. The monoisotopic (exact) mass is 348 g/mol. The molecule has 9 nitrogen and oxygen atoms in total. The Balaban J connectivity index is 1.55. The van der Waals surface area contributed by atoms with Crippen LogP contribution in [0.15, 0.2) is 42.9 Å². The van der Waals surface area contributed by atoms with Crippen molar-refractivity contribution in [3.05, 3.63) is 48.4 Å². The SMILES string of the molecule is CC(C)n1ncc2cc(C(=O)Nc3n[nH]c(-c4ccccn4)n3)cnc21. The number of aromatic nitrogens is 7. The van der Waals surface area contributed by atoms with E-state index < -0.39 is 0 Å². The van der Waals surface area contributed by atoms with Gasteiger partial charge in [-0.2, -0.15) is 10.1 Å². The van der Waals surface area contributed by atoms with Gasteiger partial charge in [-0.3, -0.25) is 20.2 Å². The van der Waals surface area contributed by atoms with Gasteiger partial charge in [-0.1, -0.05) is 6.07 Å². The predicted molar refractivity (Wildman–Crippen MR) is 95.5 cm³/mol. The van der Waals surface area contributed by atoms with E-state index in [4.69, 9.17) is 0 Å². The van der Waals surface area contributed by atoms with Crippen LogP contribution in [-0.4, -0.2) is 40.8 Å². The fraction of sp³-hybridized carbons (Fsp3) is 0.176. The number of carbonyl (C=O) groups excluding carboxylic acids is 1. The van der Waals surface area contributed by atoms with Gasteiger partial charge in [0.25, 0.3) is 5.91 Å². The van der Waals surface area contributed by atoms with Crippen molar-refractivity contribution in [3.63, 3.8) is 0 Å². The lowest BCUT2D eigenvalue weighted by atomic mass is 10.2. The zero-order chi connectivity index (χ0) is 18.1. The normalized spacial score (nSPS) is 11.2. The molecule has 26 heavy (non-hydrogen) atoms. The van der Waals surface area contributed by atoms with E-state index in [1.165, 1.54) is 6.20 Å². The van der Waals surface area contributed by atoms with Gasteiger partial charge < -0.3 is 0 Å². The van der Waals surface area contributed by atoms with Gasteiger partial charge in [-0.15, -0.1) is 5.10 Å². The van der Waals surface area contributed by atoms with Crippen molar-refractivity contribution in [2.24, 2.45) is 0 Å². The van der Waals surface area contributed by atoms with Crippen LogP contribution in [0.25, 0.3) is 22.6 Å². The average Bonchev–Trinajstić information content (AvgIpc) is 3.28. The number of rotatable bonds is 4. The molecule has 0 aliphatic carbocycles. The van der Waals surface area contributed by atoms with Crippen molar-refractivity contribution < 1.29 is 4.79 Å². The largest absolute Gasteiger partial charge is 0.289 e. The first kappa shape index (κ1) is 15.9. The highest BCUT2D eigenvalue weighted by atomic mass is 16.1. The van der Waals surface area contributed by atoms with Crippen molar-refractivity contribution in [1.29, 1.82) is 0 Å². The van der Waals surface area contributed by atoms with Crippen LogP contribution in [0.1, 0.15) is 30.2 Å². The first-order valence-corrected chi connectivity index (χ1v) is 8.10. The van der Waals surface area contributed by atoms with Crippen molar-refractivity contribution >= 4 is 22.9 Å². The Labute approximate surface area is 148 Å². The minimum absolute atomic E-state index is 0.175. The molecular formula is C17H16N8O. The molecule has 0 saturated heterocycles. The van der Waals surface area contributed by atoms with Gasteiger partial charge in [-0.25, -0.2) is 9.67 Å². The van der Waals surface area contributed by atoms with Crippen molar-refractivity contribution in [1.82, 2.24) is 34.9 Å². The molecule has 0 fully saturated rings. The standard InChI is InChI=1S/C17H16N8O/c1-10(2)25-15-11(9-20-25)7-12(8-19-15)16(26)22-17-21-14(23-24-17)13-5-3-4-6-18-13/h3-10H,1-2H3,(H2,21,22,23,24,26). The second kappa shape index (κ2) is 6.36. The van der Waals surface area contributed by atoms with Crippen LogP contribution >= 0.6 is 0 Å². The number of pyridine rings is 2. The van der Waals surface area contributed by atoms with Crippen LogP contribution in [0.4, 0.5) is 5.95 Å². The molecule has 4 rings (SSSR count). The summed E-state index contributed by atoms with van der Waals surface area (Å²) in [5.74, 6) is 0.310. The first-order chi connectivity index (χ1) is 12.6. The molecule has 0 saturated carbocycles. The first-order valence-electron chi connectivity index (χ1n) is 8.10. The molecule has 0 atom stereocenters. The van der Waals surface area contributed by atoms with Gasteiger partial charge in [0.15, 0.2) is 11.5 Å². The second-order valence-corrected chi connectivity index (χ2v) is 6.00. The maximum atomic E-state index is 12.5. The summed E-state index contributed by atoms with van der Waals surface area (Å²) < 4.78 is 1.81. The zero-order valence-electron chi connectivity index (χ0n) is 14.2. The number of carbonyl (C=O) groups is 1. The van der Waals surface area contributed by atoms with E-state index >= 15 is 0 Å². The fourth-order valence-corrected chi connectivity index (χ4v) is 2.55. The summed E-state index contributed by atoms with van der Waals surface area (Å²) in [7, 11) is 0. The highest BCUT2D eigenvalue weighted by Gasteiger charge is 2.14. The topological polar surface area (TPSA) is 114 Å². The molecule has 0 aromatic carbocycles. The Hall–Kier alpha value is -3.62. The molecule has 1 amide bonds. The van der Waals surface area contributed by atoms with Crippen molar-refractivity contribution in [3.8, 4) is 11.5 Å². The maximum absolute atomic E-state index is 12.5. The number of hydrogen-bond acceptors (Lipinski definition) is 6. The molecule has 2 N–H and O–H groups in total. The summed E-state index contributed by atoms with van der Waals surface area (Å²) in [5.41, 5.74) is 1.79. The van der Waals surface area contributed by atoms with Crippen LogP contribution in [0.5, 0.6) is 0 Å². The fourth-order valence-electron chi connectivity index (χ4n) is 2.55. The average molecular weight is 348 g/mol. The summed E-state index contributed by atoms with van der Waals surface area (Å²) in [6, 6.07) is 7.40. The summed E-state index contributed by atoms with van der Waals surface area (Å²) >= 11 is 0. The summed E-state index contributed by atoms with van der Waals surface area (Å²) in [6.07, 6.45) is 4.88. The van der Waals surface area contributed by atoms with Gasteiger partial charge in [0.1, 0.15) is 5.69 Å². The van der Waals surface area contributed by atoms with Crippen LogP contribution in [0, 0.1) is 0 Å². The number of anilines is 1. The molecule has 9 heteroatoms. The summed E-state index contributed by atoms with van der Waals surface area (Å²) in [6.45, 7) is 4.05. The lowest BCUT2D eigenvalue weighted by Gasteiger charge is -2.06. The highest BCUT2D eigenvalue weighted by Crippen LogP contribution is 2.17. The second-order valence-electron chi connectivity index (χ2n) is 6.00. The number of nitrogens with one attached hydrogen (secondary N) is 2. The van der Waals surface area contributed by atoms with Crippen LogP contribution in [-0.2, 0) is 0 Å². The van der Waals surface area contributed by atoms with E-state index in [-0.39, 0.29) is 17.9 Å². The Morgan fingerprint density at radius 3 is 2.88 bits per heavy atom. The molecule has 0 spiro atoms. The van der Waals surface area contributed by atoms with E-state index in [0.29, 0.717) is 17.1 Å². The smallest absolute Gasteiger partial charge is 0.259 e. The molecule has 4 aromatic heterocycles. The van der Waals surface area contributed by atoms with E-state index in [2.05, 4.69) is 35.6 Å². The Morgan fingerprint density at radius 2 is 2.12 bits per heavy atom. The van der Waals surface area contributed by atoms with E-state index in [0.717, 1.165) is 11.0 Å².